The summed E-state index contributed by atoms with van der Waals surface area (Å²) in [4.78, 5) is 10.0. The molecule has 0 aliphatic heterocycles. The van der Waals surface area contributed by atoms with Gasteiger partial charge in [-0.3, -0.25) is 0 Å². The van der Waals surface area contributed by atoms with Crippen LogP contribution in [0.4, 0.5) is 0 Å². The Kier molecular flexibility index (Phi) is 11.9. The van der Waals surface area contributed by atoms with Gasteiger partial charge in [-0.1, -0.05) is 38.3 Å². The Hall–Kier alpha value is -0.590. The number of allylic oxidation sites excluding steroid dienone is 2. The van der Waals surface area contributed by atoms with Crippen LogP contribution in [-0.4, -0.2) is 6.29 Å². The molecule has 14 heavy (non-hydrogen) atoms. The molecule has 0 aromatic heterocycles. The van der Waals surface area contributed by atoms with Crippen molar-refractivity contribution in [1.29, 1.82) is 0 Å². The molecule has 0 aromatic carbocycles. The molecule has 0 unspecified atom stereocenters. The van der Waals surface area contributed by atoms with E-state index in [4.69, 9.17) is 0 Å². The Bertz CT molecular complexity index is 138. The smallest absolute Gasteiger partial charge is 0.119 e. The molecule has 0 amide bonds. The van der Waals surface area contributed by atoms with Crippen LogP contribution in [-0.2, 0) is 4.79 Å². The van der Waals surface area contributed by atoms with Crippen molar-refractivity contribution in [2.75, 3.05) is 0 Å². The molecule has 0 aliphatic rings. The molecular weight excluding hydrogens is 172 g/mol. The third-order valence-corrected chi connectivity index (χ3v) is 2.33. The molecule has 82 valence electrons. The minimum Gasteiger partial charge on any atom is -0.303 e. The van der Waals surface area contributed by atoms with E-state index in [2.05, 4.69) is 19.1 Å². The van der Waals surface area contributed by atoms with Crippen LogP contribution >= 0.6 is 0 Å². The second-order valence-corrected chi connectivity index (χ2v) is 3.77. The minimum absolute atomic E-state index is 0.736. The fourth-order valence-corrected chi connectivity index (χ4v) is 1.41. The molecule has 0 fully saturated rings. The highest BCUT2D eigenvalue weighted by molar-refractivity contribution is 5.48. The second kappa shape index (κ2) is 12.4. The predicted molar refractivity (Wildman–Crippen MR) is 62.4 cm³/mol. The maximum atomic E-state index is 10.0. The molecule has 0 rings (SSSR count). The van der Waals surface area contributed by atoms with Crippen LogP contribution < -0.4 is 0 Å². The van der Waals surface area contributed by atoms with Gasteiger partial charge in [0.2, 0.25) is 0 Å². The molecule has 0 spiro atoms. The van der Waals surface area contributed by atoms with Gasteiger partial charge in [-0.2, -0.15) is 0 Å². The molecule has 1 heteroatoms. The van der Waals surface area contributed by atoms with E-state index in [-0.39, 0.29) is 0 Å². The molecule has 1 nitrogen and oxygen atoms in total. The predicted octanol–water partition coefficient (Wildman–Crippen LogP) is 4.27. The summed E-state index contributed by atoms with van der Waals surface area (Å²) in [5.74, 6) is 0. The highest BCUT2D eigenvalue weighted by Gasteiger charge is 1.86. The summed E-state index contributed by atoms with van der Waals surface area (Å²) in [5.41, 5.74) is 0. The normalized spacial score (nSPS) is 10.9. The first-order valence-electron chi connectivity index (χ1n) is 6.00. The Balaban J connectivity index is 2.99. The zero-order valence-electron chi connectivity index (χ0n) is 9.50. The third-order valence-electron chi connectivity index (χ3n) is 2.33. The van der Waals surface area contributed by atoms with Gasteiger partial charge in [-0.15, -0.1) is 0 Å². The van der Waals surface area contributed by atoms with E-state index in [1.807, 2.05) is 0 Å². The van der Waals surface area contributed by atoms with Gasteiger partial charge in [-0.05, 0) is 32.1 Å². The summed E-state index contributed by atoms with van der Waals surface area (Å²) < 4.78 is 0. The largest absolute Gasteiger partial charge is 0.303 e. The van der Waals surface area contributed by atoms with Crippen LogP contribution in [0.5, 0.6) is 0 Å². The fraction of sp³-hybridized carbons (Fsp3) is 0.769. The highest BCUT2D eigenvalue weighted by atomic mass is 16.1. The van der Waals surface area contributed by atoms with Gasteiger partial charge in [-0.25, -0.2) is 0 Å². The zero-order chi connectivity index (χ0) is 10.5. The number of carbonyl (C=O) groups is 1. The molecule has 0 aromatic rings. The van der Waals surface area contributed by atoms with Crippen LogP contribution in [0.25, 0.3) is 0 Å². The number of unbranched alkanes of at least 4 members (excludes halogenated alkanes) is 7. The summed E-state index contributed by atoms with van der Waals surface area (Å²) in [6.45, 7) is 2.23. The molecule has 0 heterocycles. The first kappa shape index (κ1) is 13.4. The van der Waals surface area contributed by atoms with Gasteiger partial charge in [0.25, 0.3) is 0 Å². The van der Waals surface area contributed by atoms with Crippen molar-refractivity contribution >= 4 is 6.29 Å². The Morgan fingerprint density at radius 1 is 0.786 bits per heavy atom. The number of carbonyl (C=O) groups excluding carboxylic acids is 1. The number of hydrogen-bond donors (Lipinski definition) is 0. The minimum atomic E-state index is 0.736. The topological polar surface area (TPSA) is 17.1 Å². The van der Waals surface area contributed by atoms with E-state index in [0.29, 0.717) is 0 Å². The lowest BCUT2D eigenvalue weighted by Crippen LogP contribution is -1.78. The Morgan fingerprint density at radius 3 is 1.93 bits per heavy atom. The lowest BCUT2D eigenvalue weighted by atomic mass is 10.1. The second-order valence-electron chi connectivity index (χ2n) is 3.77. The van der Waals surface area contributed by atoms with Crippen molar-refractivity contribution in [1.82, 2.24) is 0 Å². The first-order valence-corrected chi connectivity index (χ1v) is 6.00. The molecule has 0 saturated heterocycles. The molecule has 0 N–H and O–H groups in total. The van der Waals surface area contributed by atoms with Gasteiger partial charge in [0.1, 0.15) is 6.29 Å². The molecule has 0 atom stereocenters. The van der Waals surface area contributed by atoms with Crippen molar-refractivity contribution in [3.05, 3.63) is 12.2 Å². The lowest BCUT2D eigenvalue weighted by Gasteiger charge is -1.94. The fourth-order valence-electron chi connectivity index (χ4n) is 1.41. The van der Waals surface area contributed by atoms with Gasteiger partial charge >= 0.3 is 0 Å². The maximum Gasteiger partial charge on any atom is 0.119 e. The van der Waals surface area contributed by atoms with E-state index in [0.717, 1.165) is 19.1 Å². The molecular formula is C13H24O. The van der Waals surface area contributed by atoms with Crippen molar-refractivity contribution in [2.45, 2.75) is 64.7 Å². The quantitative estimate of drug-likeness (QED) is 0.290. The Morgan fingerprint density at radius 2 is 1.36 bits per heavy atom. The van der Waals surface area contributed by atoms with E-state index < -0.39 is 0 Å². The number of aldehydes is 1. The molecule has 0 bridgehead atoms. The standard InChI is InChI=1S/C13H24O/c1-2-3-4-5-6-7-8-9-10-11-12-13-14/h6-7,13H,2-5,8-12H2,1H3. The van der Waals surface area contributed by atoms with Crippen LogP contribution in [0.1, 0.15) is 64.7 Å². The number of hydrogen-bond acceptors (Lipinski definition) is 1. The van der Waals surface area contributed by atoms with Crippen LogP contribution in [0.15, 0.2) is 12.2 Å². The van der Waals surface area contributed by atoms with Crippen LogP contribution in [0.2, 0.25) is 0 Å². The monoisotopic (exact) mass is 196 g/mol. The van der Waals surface area contributed by atoms with E-state index in [9.17, 15) is 4.79 Å². The van der Waals surface area contributed by atoms with Gasteiger partial charge in [0.15, 0.2) is 0 Å². The zero-order valence-corrected chi connectivity index (χ0v) is 9.50. The summed E-state index contributed by atoms with van der Waals surface area (Å²) in [5, 5.41) is 0. The number of rotatable bonds is 10. The SMILES string of the molecule is CCCCCC=CCCCCCC=O. The summed E-state index contributed by atoms with van der Waals surface area (Å²) in [6.07, 6.45) is 16.2. The van der Waals surface area contributed by atoms with Gasteiger partial charge in [0.05, 0.1) is 0 Å². The average Bonchev–Trinajstić information content (AvgIpc) is 2.21. The van der Waals surface area contributed by atoms with Crippen LogP contribution in [0.3, 0.4) is 0 Å². The van der Waals surface area contributed by atoms with Crippen molar-refractivity contribution in [2.24, 2.45) is 0 Å². The average molecular weight is 196 g/mol. The van der Waals surface area contributed by atoms with E-state index in [1.54, 1.807) is 0 Å². The third kappa shape index (κ3) is 11.4. The van der Waals surface area contributed by atoms with Gasteiger partial charge in [0, 0.05) is 6.42 Å². The van der Waals surface area contributed by atoms with Crippen molar-refractivity contribution in [3.63, 3.8) is 0 Å². The van der Waals surface area contributed by atoms with E-state index in [1.165, 1.54) is 44.9 Å². The van der Waals surface area contributed by atoms with Gasteiger partial charge < -0.3 is 4.79 Å². The summed E-state index contributed by atoms with van der Waals surface area (Å²) >= 11 is 0. The molecule has 0 aliphatic carbocycles. The van der Waals surface area contributed by atoms with Crippen molar-refractivity contribution < 1.29 is 4.79 Å². The highest BCUT2D eigenvalue weighted by Crippen LogP contribution is 2.04. The maximum absolute atomic E-state index is 10.0. The summed E-state index contributed by atoms with van der Waals surface area (Å²) in [6, 6.07) is 0. The first-order chi connectivity index (χ1) is 6.91. The van der Waals surface area contributed by atoms with Crippen LogP contribution in [0, 0.1) is 0 Å². The Labute approximate surface area is 88.6 Å². The summed E-state index contributed by atoms with van der Waals surface area (Å²) in [7, 11) is 0. The molecule has 0 radical (unpaired) electrons. The lowest BCUT2D eigenvalue weighted by molar-refractivity contribution is -0.107. The molecule has 0 saturated carbocycles. The van der Waals surface area contributed by atoms with E-state index >= 15 is 0 Å². The van der Waals surface area contributed by atoms with Crippen molar-refractivity contribution in [3.8, 4) is 0 Å².